The van der Waals surface area contributed by atoms with Crippen molar-refractivity contribution in [3.8, 4) is 0 Å². The maximum absolute atomic E-state index is 10.7. The van der Waals surface area contributed by atoms with Crippen LogP contribution in [0, 0.1) is 0 Å². The molecule has 0 bridgehead atoms. The number of ether oxygens (including phenoxy) is 1. The first-order valence-corrected chi connectivity index (χ1v) is 5.42. The minimum Gasteiger partial charge on any atom is -0.365 e. The van der Waals surface area contributed by atoms with Crippen molar-refractivity contribution in [3.05, 3.63) is 47.3 Å². The molecule has 0 fully saturated rings. The maximum atomic E-state index is 10.7. The third-order valence-electron chi connectivity index (χ3n) is 2.91. The monoisotopic (exact) mass is 229 g/mol. The van der Waals surface area contributed by atoms with Gasteiger partial charge in [0, 0.05) is 0 Å². The summed E-state index contributed by atoms with van der Waals surface area (Å²) in [6, 6.07) is 9.97. The molecule has 1 aromatic heterocycles. The first-order valence-electron chi connectivity index (χ1n) is 5.42. The Kier molecular flexibility index (Phi) is 2.45. The van der Waals surface area contributed by atoms with Crippen molar-refractivity contribution in [2.45, 2.75) is 19.3 Å². The van der Waals surface area contributed by atoms with E-state index in [9.17, 15) is 4.79 Å². The Morgan fingerprint density at radius 3 is 2.94 bits per heavy atom. The van der Waals surface area contributed by atoms with Gasteiger partial charge in [-0.25, -0.2) is 4.68 Å². The molecule has 86 valence electrons. The third kappa shape index (κ3) is 1.74. The van der Waals surface area contributed by atoms with Gasteiger partial charge in [0.15, 0.2) is 12.0 Å². The molecule has 0 radical (unpaired) electrons. The third-order valence-corrected chi connectivity index (χ3v) is 2.91. The number of carbonyl (C=O) groups is 1. The summed E-state index contributed by atoms with van der Waals surface area (Å²) < 4.78 is 7.47. The largest absolute Gasteiger partial charge is 0.365 e. The molecule has 1 aliphatic heterocycles. The first kappa shape index (κ1) is 10.2. The Balaban J connectivity index is 1.89. The fraction of sp³-hybridized carbons (Fsp3) is 0.250. The Labute approximate surface area is 98.0 Å². The molecule has 0 saturated heterocycles. The van der Waals surface area contributed by atoms with Crippen molar-refractivity contribution in [2.75, 3.05) is 0 Å². The van der Waals surface area contributed by atoms with E-state index in [0.29, 0.717) is 25.1 Å². The van der Waals surface area contributed by atoms with E-state index in [-0.39, 0.29) is 6.10 Å². The van der Waals surface area contributed by atoms with E-state index < -0.39 is 0 Å². The first-order chi connectivity index (χ1) is 8.38. The van der Waals surface area contributed by atoms with Crippen LogP contribution in [0.1, 0.15) is 27.8 Å². The molecule has 1 atom stereocenters. The Bertz CT molecular complexity index is 536. The highest BCUT2D eigenvalue weighted by atomic mass is 16.5. The SMILES string of the molecule is O=Cc1nnn2c1CO[C@@H](c1ccccc1)C2. The summed E-state index contributed by atoms with van der Waals surface area (Å²) in [6.45, 7) is 0.973. The highest BCUT2D eigenvalue weighted by molar-refractivity contribution is 5.73. The molecule has 1 aliphatic rings. The average Bonchev–Trinajstić information content (AvgIpc) is 2.81. The number of rotatable bonds is 2. The van der Waals surface area contributed by atoms with Gasteiger partial charge in [0.25, 0.3) is 0 Å². The molecule has 0 unspecified atom stereocenters. The minimum atomic E-state index is -0.0232. The number of aldehydes is 1. The molecule has 2 aromatic rings. The average molecular weight is 229 g/mol. The summed E-state index contributed by atoms with van der Waals surface area (Å²) in [6.07, 6.45) is 0.690. The van der Waals surface area contributed by atoms with Crippen LogP contribution in [0.5, 0.6) is 0 Å². The van der Waals surface area contributed by atoms with E-state index >= 15 is 0 Å². The number of nitrogens with zero attached hydrogens (tertiary/aromatic N) is 3. The minimum absolute atomic E-state index is 0.0232. The van der Waals surface area contributed by atoms with Crippen LogP contribution >= 0.6 is 0 Å². The number of hydrogen-bond donors (Lipinski definition) is 0. The maximum Gasteiger partial charge on any atom is 0.172 e. The van der Waals surface area contributed by atoms with Gasteiger partial charge in [-0.15, -0.1) is 5.10 Å². The molecule has 17 heavy (non-hydrogen) atoms. The van der Waals surface area contributed by atoms with Crippen LogP contribution in [-0.2, 0) is 17.9 Å². The fourth-order valence-corrected chi connectivity index (χ4v) is 1.99. The molecular weight excluding hydrogens is 218 g/mol. The van der Waals surface area contributed by atoms with Crippen LogP contribution in [0.25, 0.3) is 0 Å². The van der Waals surface area contributed by atoms with Crippen molar-refractivity contribution in [2.24, 2.45) is 0 Å². The lowest BCUT2D eigenvalue weighted by Crippen LogP contribution is -2.22. The molecule has 0 N–H and O–H groups in total. The number of hydrogen-bond acceptors (Lipinski definition) is 4. The fourth-order valence-electron chi connectivity index (χ4n) is 1.99. The number of benzene rings is 1. The Morgan fingerprint density at radius 2 is 2.18 bits per heavy atom. The predicted octanol–water partition coefficient (Wildman–Crippen LogP) is 1.36. The van der Waals surface area contributed by atoms with E-state index in [0.717, 1.165) is 11.3 Å². The van der Waals surface area contributed by atoms with Crippen LogP contribution in [-0.4, -0.2) is 21.3 Å². The predicted molar refractivity (Wildman–Crippen MR) is 59.4 cm³/mol. The molecule has 0 aliphatic carbocycles. The van der Waals surface area contributed by atoms with Crippen LogP contribution in [0.2, 0.25) is 0 Å². The Hall–Kier alpha value is -2.01. The number of aromatic nitrogens is 3. The number of fused-ring (bicyclic) bond motifs is 1. The zero-order valence-corrected chi connectivity index (χ0v) is 9.11. The van der Waals surface area contributed by atoms with E-state index in [4.69, 9.17) is 4.74 Å². The smallest absolute Gasteiger partial charge is 0.172 e. The Morgan fingerprint density at radius 1 is 1.35 bits per heavy atom. The second-order valence-electron chi connectivity index (χ2n) is 3.93. The van der Waals surface area contributed by atoms with Gasteiger partial charge in [0.05, 0.1) is 18.8 Å². The van der Waals surface area contributed by atoms with E-state index in [2.05, 4.69) is 10.3 Å². The summed E-state index contributed by atoms with van der Waals surface area (Å²) in [4.78, 5) is 10.7. The standard InChI is InChI=1S/C12H11N3O2/c16-7-10-11-8-17-12(6-15(11)14-13-10)9-4-2-1-3-5-9/h1-5,7,12H,6,8H2/t12-/m1/s1. The van der Waals surface area contributed by atoms with Gasteiger partial charge in [-0.3, -0.25) is 4.79 Å². The van der Waals surface area contributed by atoms with Gasteiger partial charge in [-0.05, 0) is 5.56 Å². The molecule has 1 aromatic carbocycles. The quantitative estimate of drug-likeness (QED) is 0.730. The van der Waals surface area contributed by atoms with Crippen molar-refractivity contribution in [1.29, 1.82) is 0 Å². The molecule has 3 rings (SSSR count). The number of carbonyl (C=O) groups excluding carboxylic acids is 1. The second-order valence-corrected chi connectivity index (χ2v) is 3.93. The molecular formula is C12H11N3O2. The summed E-state index contributed by atoms with van der Waals surface area (Å²) in [5.41, 5.74) is 2.24. The summed E-state index contributed by atoms with van der Waals surface area (Å²) >= 11 is 0. The lowest BCUT2D eigenvalue weighted by molar-refractivity contribution is -0.00163. The van der Waals surface area contributed by atoms with Crippen LogP contribution in [0.15, 0.2) is 30.3 Å². The van der Waals surface area contributed by atoms with E-state index in [1.807, 2.05) is 30.3 Å². The zero-order valence-electron chi connectivity index (χ0n) is 9.11. The van der Waals surface area contributed by atoms with E-state index in [1.54, 1.807) is 4.68 Å². The van der Waals surface area contributed by atoms with Crippen molar-refractivity contribution in [3.63, 3.8) is 0 Å². The van der Waals surface area contributed by atoms with Gasteiger partial charge in [-0.1, -0.05) is 35.5 Å². The van der Waals surface area contributed by atoms with E-state index in [1.165, 1.54) is 0 Å². The normalized spacial score (nSPS) is 18.7. The van der Waals surface area contributed by atoms with Crippen LogP contribution in [0.4, 0.5) is 0 Å². The molecule has 5 heteroatoms. The molecule has 2 heterocycles. The van der Waals surface area contributed by atoms with Gasteiger partial charge >= 0.3 is 0 Å². The van der Waals surface area contributed by atoms with Crippen LogP contribution < -0.4 is 0 Å². The van der Waals surface area contributed by atoms with Gasteiger partial charge in [0.2, 0.25) is 0 Å². The molecule has 0 saturated carbocycles. The summed E-state index contributed by atoms with van der Waals surface area (Å²) in [5.74, 6) is 0. The highest BCUT2D eigenvalue weighted by Crippen LogP contribution is 2.26. The van der Waals surface area contributed by atoms with Gasteiger partial charge in [0.1, 0.15) is 6.10 Å². The van der Waals surface area contributed by atoms with Gasteiger partial charge < -0.3 is 4.74 Å². The highest BCUT2D eigenvalue weighted by Gasteiger charge is 2.24. The van der Waals surface area contributed by atoms with Gasteiger partial charge in [-0.2, -0.15) is 0 Å². The lowest BCUT2D eigenvalue weighted by atomic mass is 10.1. The summed E-state index contributed by atoms with van der Waals surface area (Å²) in [5, 5.41) is 7.77. The molecule has 0 amide bonds. The second kappa shape index (κ2) is 4.10. The molecule has 0 spiro atoms. The molecule has 5 nitrogen and oxygen atoms in total. The van der Waals surface area contributed by atoms with Crippen LogP contribution in [0.3, 0.4) is 0 Å². The lowest BCUT2D eigenvalue weighted by Gasteiger charge is -2.23. The van der Waals surface area contributed by atoms with Crippen molar-refractivity contribution in [1.82, 2.24) is 15.0 Å². The summed E-state index contributed by atoms with van der Waals surface area (Å²) in [7, 11) is 0. The van der Waals surface area contributed by atoms with Crippen molar-refractivity contribution >= 4 is 6.29 Å². The van der Waals surface area contributed by atoms with Crippen molar-refractivity contribution < 1.29 is 9.53 Å². The topological polar surface area (TPSA) is 57.0 Å². The zero-order chi connectivity index (χ0) is 11.7.